The molecule has 1 spiro atoms. The summed E-state index contributed by atoms with van der Waals surface area (Å²) < 4.78 is 5.70. The fourth-order valence-corrected chi connectivity index (χ4v) is 7.72. The lowest BCUT2D eigenvalue weighted by Crippen LogP contribution is -2.57. The molecular weight excluding hydrogens is 314 g/mol. The molecule has 4 fully saturated rings. The number of fused-ring (bicyclic) bond motifs is 6. The molecule has 4 heteroatoms. The van der Waals surface area contributed by atoms with Gasteiger partial charge in [0.25, 0.3) is 5.91 Å². The highest BCUT2D eigenvalue weighted by Crippen LogP contribution is 2.68. The summed E-state index contributed by atoms with van der Waals surface area (Å²) in [7, 11) is 0. The molecule has 4 nitrogen and oxygen atoms in total. The van der Waals surface area contributed by atoms with Crippen LogP contribution in [0.1, 0.15) is 71.6 Å². The highest BCUT2D eigenvalue weighted by atomic mass is 16.6. The van der Waals surface area contributed by atoms with Crippen LogP contribution in [0.2, 0.25) is 0 Å². The Morgan fingerprint density at radius 1 is 1.08 bits per heavy atom. The van der Waals surface area contributed by atoms with Crippen LogP contribution in [-0.2, 0) is 9.53 Å². The van der Waals surface area contributed by atoms with Gasteiger partial charge in [-0.3, -0.25) is 10.1 Å². The number of ether oxygens (including phenoxy) is 1. The third kappa shape index (κ3) is 1.79. The molecular formula is C21H29NO3. The molecule has 0 radical (unpaired) electrons. The van der Waals surface area contributed by atoms with Gasteiger partial charge in [0, 0.05) is 5.41 Å². The van der Waals surface area contributed by atoms with Crippen molar-refractivity contribution in [2.75, 3.05) is 0 Å². The zero-order valence-electron chi connectivity index (χ0n) is 15.4. The number of alkyl carbamates (subject to hydrolysis) is 1. The van der Waals surface area contributed by atoms with Crippen molar-refractivity contribution in [2.45, 2.75) is 77.2 Å². The summed E-state index contributed by atoms with van der Waals surface area (Å²) in [5, 5.41) is 2.42. The van der Waals surface area contributed by atoms with Gasteiger partial charge in [0.1, 0.15) is 0 Å². The maximum atomic E-state index is 12.7. The SMILES string of the molecule is C[C@]12CCCC=C1CC[C@@H]1[C@@H]2CC[C@@]2(C)[C@H]1CC[C@@]21OC(=O)NC1=O. The maximum Gasteiger partial charge on any atom is 0.415 e. The zero-order valence-corrected chi connectivity index (χ0v) is 15.4. The maximum absolute atomic E-state index is 12.7. The average Bonchev–Trinajstić information content (AvgIpc) is 3.04. The standard InChI is InChI=1S/C21H29NO3/c1-19-10-4-3-5-13(19)6-7-14-15(19)8-11-20(2)16(14)9-12-21(20)17(23)22-18(24)25-21/h5,14-16H,3-4,6-12H2,1-2H3,(H,22,23,24)/t14-,15+,16+,19+,20+,21+/m1/s1. The van der Waals surface area contributed by atoms with Gasteiger partial charge >= 0.3 is 6.09 Å². The molecule has 5 rings (SSSR count). The summed E-state index contributed by atoms with van der Waals surface area (Å²) in [6.45, 7) is 4.73. The van der Waals surface area contributed by atoms with Crippen molar-refractivity contribution >= 4 is 12.0 Å². The largest absolute Gasteiger partial charge is 0.432 e. The predicted molar refractivity (Wildman–Crippen MR) is 93.7 cm³/mol. The molecule has 0 aromatic heterocycles. The summed E-state index contributed by atoms with van der Waals surface area (Å²) in [5.41, 5.74) is 0.980. The molecule has 0 aromatic carbocycles. The fourth-order valence-electron chi connectivity index (χ4n) is 7.72. The van der Waals surface area contributed by atoms with E-state index in [2.05, 4.69) is 25.2 Å². The summed E-state index contributed by atoms with van der Waals surface area (Å²) in [6.07, 6.45) is 12.2. The highest BCUT2D eigenvalue weighted by Gasteiger charge is 2.70. The number of imide groups is 1. The van der Waals surface area contributed by atoms with Gasteiger partial charge in [0.15, 0.2) is 5.60 Å². The van der Waals surface area contributed by atoms with Crippen LogP contribution in [0.15, 0.2) is 11.6 Å². The number of carbonyl (C=O) groups is 2. The summed E-state index contributed by atoms with van der Waals surface area (Å²) in [5.74, 6) is 1.73. The third-order valence-electron chi connectivity index (χ3n) is 9.00. The van der Waals surface area contributed by atoms with Gasteiger partial charge in [-0.1, -0.05) is 25.5 Å². The Morgan fingerprint density at radius 3 is 2.64 bits per heavy atom. The molecule has 3 saturated carbocycles. The van der Waals surface area contributed by atoms with Crippen molar-refractivity contribution in [1.29, 1.82) is 0 Å². The summed E-state index contributed by atoms with van der Waals surface area (Å²) in [4.78, 5) is 24.4. The second-order valence-electron chi connectivity index (χ2n) is 9.62. The molecule has 1 saturated heterocycles. The van der Waals surface area contributed by atoms with Crippen molar-refractivity contribution in [3.05, 3.63) is 11.6 Å². The molecule has 1 N–H and O–H groups in total. The number of allylic oxidation sites excluding steroid dienone is 2. The van der Waals surface area contributed by atoms with Gasteiger partial charge < -0.3 is 4.74 Å². The molecule has 1 aliphatic heterocycles. The van der Waals surface area contributed by atoms with Crippen LogP contribution in [0.3, 0.4) is 0 Å². The van der Waals surface area contributed by atoms with Crippen molar-refractivity contribution in [1.82, 2.24) is 5.32 Å². The van der Waals surface area contributed by atoms with E-state index in [1.807, 2.05) is 0 Å². The number of carbonyl (C=O) groups excluding carboxylic acids is 2. The van der Waals surface area contributed by atoms with E-state index in [1.54, 1.807) is 5.57 Å². The summed E-state index contributed by atoms with van der Waals surface area (Å²) in [6, 6.07) is 0. The Labute approximate surface area is 149 Å². The van der Waals surface area contributed by atoms with Gasteiger partial charge in [0.05, 0.1) is 0 Å². The van der Waals surface area contributed by atoms with E-state index in [4.69, 9.17) is 4.74 Å². The molecule has 5 aliphatic rings. The Morgan fingerprint density at radius 2 is 1.88 bits per heavy atom. The second kappa shape index (κ2) is 4.89. The van der Waals surface area contributed by atoms with Crippen LogP contribution in [-0.4, -0.2) is 17.6 Å². The fraction of sp³-hybridized carbons (Fsp3) is 0.810. The van der Waals surface area contributed by atoms with E-state index in [0.29, 0.717) is 23.7 Å². The van der Waals surface area contributed by atoms with Crippen molar-refractivity contribution in [3.63, 3.8) is 0 Å². The van der Waals surface area contributed by atoms with Crippen LogP contribution < -0.4 is 5.32 Å². The molecule has 2 amide bonds. The van der Waals surface area contributed by atoms with Gasteiger partial charge in [-0.2, -0.15) is 0 Å². The number of amides is 2. The Kier molecular flexibility index (Phi) is 3.11. The lowest BCUT2D eigenvalue weighted by molar-refractivity contribution is -0.152. The normalized spacial score (nSPS) is 51.3. The van der Waals surface area contributed by atoms with Crippen molar-refractivity contribution in [3.8, 4) is 0 Å². The third-order valence-corrected chi connectivity index (χ3v) is 9.00. The number of rotatable bonds is 0. The van der Waals surface area contributed by atoms with Crippen LogP contribution in [0.5, 0.6) is 0 Å². The molecule has 0 unspecified atom stereocenters. The van der Waals surface area contributed by atoms with E-state index >= 15 is 0 Å². The minimum Gasteiger partial charge on any atom is -0.432 e. The summed E-state index contributed by atoms with van der Waals surface area (Å²) >= 11 is 0. The van der Waals surface area contributed by atoms with Crippen LogP contribution in [0.4, 0.5) is 4.79 Å². The van der Waals surface area contributed by atoms with E-state index in [1.165, 1.54) is 32.1 Å². The molecule has 1 heterocycles. The smallest absolute Gasteiger partial charge is 0.415 e. The quantitative estimate of drug-likeness (QED) is 0.666. The molecule has 0 aromatic rings. The molecule has 0 bridgehead atoms. The van der Waals surface area contributed by atoms with Gasteiger partial charge in [-0.05, 0) is 81.0 Å². The van der Waals surface area contributed by atoms with Crippen LogP contribution in [0.25, 0.3) is 0 Å². The first-order valence-corrected chi connectivity index (χ1v) is 10.1. The first kappa shape index (κ1) is 15.9. The Hall–Kier alpha value is -1.32. The monoisotopic (exact) mass is 343 g/mol. The first-order valence-electron chi connectivity index (χ1n) is 10.1. The molecule has 25 heavy (non-hydrogen) atoms. The number of hydrogen-bond acceptors (Lipinski definition) is 3. The van der Waals surface area contributed by atoms with Crippen LogP contribution >= 0.6 is 0 Å². The average molecular weight is 343 g/mol. The topological polar surface area (TPSA) is 55.4 Å². The van der Waals surface area contributed by atoms with Crippen LogP contribution in [0, 0.1) is 28.6 Å². The minimum absolute atomic E-state index is 0.179. The van der Waals surface area contributed by atoms with E-state index < -0.39 is 11.7 Å². The number of hydrogen-bond donors (Lipinski definition) is 1. The Balaban J connectivity index is 1.52. The lowest BCUT2D eigenvalue weighted by atomic mass is 9.46. The lowest BCUT2D eigenvalue weighted by Gasteiger charge is -2.58. The molecule has 4 aliphatic carbocycles. The van der Waals surface area contributed by atoms with Gasteiger partial charge in [-0.25, -0.2) is 4.79 Å². The molecule has 136 valence electrons. The predicted octanol–water partition coefficient (Wildman–Crippen LogP) is 4.34. The zero-order chi connectivity index (χ0) is 17.4. The second-order valence-corrected chi connectivity index (χ2v) is 9.62. The van der Waals surface area contributed by atoms with Crippen molar-refractivity contribution in [2.24, 2.45) is 28.6 Å². The van der Waals surface area contributed by atoms with E-state index in [0.717, 1.165) is 25.2 Å². The highest BCUT2D eigenvalue weighted by molar-refractivity contribution is 6.03. The number of nitrogens with one attached hydrogen (secondary N) is 1. The Bertz CT molecular complexity index is 685. The van der Waals surface area contributed by atoms with Gasteiger partial charge in [0.2, 0.25) is 0 Å². The van der Waals surface area contributed by atoms with Crippen molar-refractivity contribution < 1.29 is 14.3 Å². The minimum atomic E-state index is -0.899. The van der Waals surface area contributed by atoms with E-state index in [-0.39, 0.29) is 11.3 Å². The molecule has 6 atom stereocenters. The first-order chi connectivity index (χ1) is 11.9. The van der Waals surface area contributed by atoms with Gasteiger partial charge in [-0.15, -0.1) is 0 Å². The van der Waals surface area contributed by atoms with E-state index in [9.17, 15) is 9.59 Å².